The number of halogens is 3. The van der Waals surface area contributed by atoms with Crippen molar-refractivity contribution in [3.8, 4) is 22.6 Å². The normalized spacial score (nSPS) is 14.8. The molecule has 0 radical (unpaired) electrons. The van der Waals surface area contributed by atoms with E-state index >= 15 is 0 Å². The van der Waals surface area contributed by atoms with Crippen molar-refractivity contribution in [1.29, 1.82) is 0 Å². The fourth-order valence-corrected chi connectivity index (χ4v) is 6.65. The van der Waals surface area contributed by atoms with E-state index in [1.54, 1.807) is 62.4 Å². The Bertz CT molecular complexity index is 2230. The first-order valence-electron chi connectivity index (χ1n) is 13.3. The maximum Gasteiger partial charge on any atom is 0.338 e. The molecule has 0 saturated heterocycles. The minimum Gasteiger partial charge on any atom is -0.463 e. The van der Waals surface area contributed by atoms with Gasteiger partial charge < -0.3 is 13.6 Å². The summed E-state index contributed by atoms with van der Waals surface area (Å²) in [5, 5.41) is 12.5. The van der Waals surface area contributed by atoms with Crippen molar-refractivity contribution in [1.82, 2.24) is 4.57 Å². The van der Waals surface area contributed by atoms with Gasteiger partial charge in [0.25, 0.3) is 11.2 Å². The van der Waals surface area contributed by atoms with Crippen molar-refractivity contribution in [2.45, 2.75) is 19.9 Å². The summed E-state index contributed by atoms with van der Waals surface area (Å²) in [4.78, 5) is 42.9. The highest BCUT2D eigenvalue weighted by atomic mass is 35.5. The highest BCUT2D eigenvalue weighted by molar-refractivity contribution is 7.07. The van der Waals surface area contributed by atoms with Crippen molar-refractivity contribution < 1.29 is 23.3 Å². The third-order valence-electron chi connectivity index (χ3n) is 6.94. The molecule has 0 bridgehead atoms. The standard InChI is InChI=1S/C31H20Cl3N3O7S/c1-3-42-30(39)27-15(2)35-31-36(28(27)25-11-10-24(44-25)20-13-17(37(40)41)5-8-21(20)33)29(38)26(45-31)14-18-6-9-23(43-18)19-7-4-16(32)12-22(19)34/h4-14,28H,3H2,1-2H3/b26-14-/t28-/m1/s1. The number of ether oxygens (including phenoxy) is 1. The van der Waals surface area contributed by atoms with Gasteiger partial charge in [-0.1, -0.05) is 46.1 Å². The van der Waals surface area contributed by atoms with Crippen LogP contribution in [-0.2, 0) is 9.53 Å². The average molecular weight is 685 g/mol. The summed E-state index contributed by atoms with van der Waals surface area (Å²) in [5.74, 6) is 0.620. The number of nitro benzene ring substituents is 1. The van der Waals surface area contributed by atoms with E-state index < -0.39 is 22.5 Å². The number of carbonyl (C=O) groups excluding carboxylic acids is 1. The molecule has 45 heavy (non-hydrogen) atoms. The van der Waals surface area contributed by atoms with Gasteiger partial charge >= 0.3 is 5.97 Å². The molecule has 5 aromatic rings. The number of nitro groups is 1. The van der Waals surface area contributed by atoms with Crippen LogP contribution in [0.15, 0.2) is 90.6 Å². The Kier molecular flexibility index (Phi) is 8.27. The number of esters is 1. The van der Waals surface area contributed by atoms with Gasteiger partial charge in [0, 0.05) is 34.4 Å². The van der Waals surface area contributed by atoms with Gasteiger partial charge in [0.15, 0.2) is 4.80 Å². The zero-order valence-electron chi connectivity index (χ0n) is 23.4. The van der Waals surface area contributed by atoms with Gasteiger partial charge in [-0.15, -0.1) is 0 Å². The summed E-state index contributed by atoms with van der Waals surface area (Å²) in [7, 11) is 0. The van der Waals surface area contributed by atoms with Crippen LogP contribution in [-0.4, -0.2) is 22.1 Å². The lowest BCUT2D eigenvalue weighted by molar-refractivity contribution is -0.384. The van der Waals surface area contributed by atoms with Crippen molar-refractivity contribution in [2.24, 2.45) is 4.99 Å². The Balaban J connectivity index is 1.47. The SMILES string of the molecule is CCOC(=O)C1=C(C)N=c2s/c(=C\c3ccc(-c4ccc(Cl)cc4Cl)o3)c(=O)n2[C@@H]1c1ccc(-c2cc([N+](=O)[O-])ccc2Cl)o1. The topological polar surface area (TPSA) is 130 Å². The van der Waals surface area contributed by atoms with Gasteiger partial charge in [0.1, 0.15) is 29.1 Å². The molecule has 1 atom stereocenters. The van der Waals surface area contributed by atoms with Gasteiger partial charge in [-0.2, -0.15) is 0 Å². The predicted molar refractivity (Wildman–Crippen MR) is 170 cm³/mol. The first kappa shape index (κ1) is 30.6. The zero-order chi connectivity index (χ0) is 32.0. The van der Waals surface area contributed by atoms with Gasteiger partial charge in [0.05, 0.1) is 37.4 Å². The molecule has 0 fully saturated rings. The third kappa shape index (κ3) is 5.75. The zero-order valence-corrected chi connectivity index (χ0v) is 26.5. The average Bonchev–Trinajstić information content (AvgIpc) is 3.73. The molecule has 1 aliphatic heterocycles. The lowest BCUT2D eigenvalue weighted by Gasteiger charge is -2.22. The van der Waals surface area contributed by atoms with E-state index in [1.165, 1.54) is 22.8 Å². The Hall–Kier alpha value is -4.42. The van der Waals surface area contributed by atoms with Crippen LogP contribution in [0.5, 0.6) is 0 Å². The fraction of sp³-hybridized carbons (Fsp3) is 0.129. The van der Waals surface area contributed by atoms with Gasteiger partial charge in [0.2, 0.25) is 0 Å². The van der Waals surface area contributed by atoms with Crippen LogP contribution >= 0.6 is 46.1 Å². The Morgan fingerprint density at radius 3 is 2.53 bits per heavy atom. The molecule has 0 aliphatic carbocycles. The molecule has 4 heterocycles. The van der Waals surface area contributed by atoms with Crippen LogP contribution < -0.4 is 14.9 Å². The number of benzene rings is 2. The quantitative estimate of drug-likeness (QED) is 0.101. The first-order chi connectivity index (χ1) is 21.5. The molecule has 2 aromatic carbocycles. The molecule has 0 spiro atoms. The maximum absolute atomic E-state index is 13.9. The number of thiazole rings is 1. The van der Waals surface area contributed by atoms with Crippen LogP contribution in [0.4, 0.5) is 5.69 Å². The van der Waals surface area contributed by atoms with E-state index in [4.69, 9.17) is 48.4 Å². The van der Waals surface area contributed by atoms with E-state index in [9.17, 15) is 19.7 Å². The van der Waals surface area contributed by atoms with Crippen molar-refractivity contribution >= 4 is 63.9 Å². The van der Waals surface area contributed by atoms with Gasteiger partial charge in [-0.05, 0) is 62.4 Å². The fourth-order valence-electron chi connectivity index (χ4n) is 4.91. The number of hydrogen-bond donors (Lipinski definition) is 0. The van der Waals surface area contributed by atoms with E-state index in [0.717, 1.165) is 11.3 Å². The Labute approximate surface area is 273 Å². The number of aromatic nitrogens is 1. The van der Waals surface area contributed by atoms with E-state index in [1.807, 2.05) is 0 Å². The molecule has 228 valence electrons. The second-order valence-electron chi connectivity index (χ2n) is 9.75. The molecular weight excluding hydrogens is 665 g/mol. The molecule has 1 aliphatic rings. The summed E-state index contributed by atoms with van der Waals surface area (Å²) in [5.41, 5.74) is 0.732. The molecule has 6 rings (SSSR count). The minimum absolute atomic E-state index is 0.0952. The Morgan fingerprint density at radius 1 is 1.04 bits per heavy atom. The molecule has 0 amide bonds. The van der Waals surface area contributed by atoms with E-state index in [2.05, 4.69) is 4.99 Å². The number of rotatable bonds is 7. The summed E-state index contributed by atoms with van der Waals surface area (Å²) >= 11 is 19.8. The number of hydrogen-bond acceptors (Lipinski definition) is 9. The number of allylic oxidation sites excluding steroid dienone is 1. The number of furan rings is 2. The summed E-state index contributed by atoms with van der Waals surface area (Å²) in [6.07, 6.45) is 1.58. The van der Waals surface area contributed by atoms with Gasteiger partial charge in [-0.25, -0.2) is 9.79 Å². The van der Waals surface area contributed by atoms with E-state index in [-0.39, 0.29) is 44.5 Å². The number of carbonyl (C=O) groups is 1. The van der Waals surface area contributed by atoms with E-state index in [0.29, 0.717) is 37.6 Å². The second-order valence-corrected chi connectivity index (χ2v) is 12.0. The first-order valence-corrected chi connectivity index (χ1v) is 15.3. The van der Waals surface area contributed by atoms with Crippen molar-refractivity contribution in [3.05, 3.63) is 128 Å². The molecule has 0 saturated carbocycles. The smallest absolute Gasteiger partial charge is 0.338 e. The summed E-state index contributed by atoms with van der Waals surface area (Å²) < 4.78 is 19.1. The van der Waals surface area contributed by atoms with Crippen LogP contribution in [0.3, 0.4) is 0 Å². The second kappa shape index (κ2) is 12.2. The van der Waals surface area contributed by atoms with Crippen LogP contribution in [0.1, 0.15) is 31.4 Å². The van der Waals surface area contributed by atoms with Crippen LogP contribution in [0.2, 0.25) is 15.1 Å². The minimum atomic E-state index is -1.05. The lowest BCUT2D eigenvalue weighted by Crippen LogP contribution is -2.39. The lowest BCUT2D eigenvalue weighted by atomic mass is 10.0. The molecule has 10 nitrogen and oxygen atoms in total. The number of non-ortho nitro benzene ring substituents is 1. The predicted octanol–water partition coefficient (Wildman–Crippen LogP) is 7.19. The molecule has 14 heteroatoms. The van der Waals surface area contributed by atoms with Gasteiger partial charge in [-0.3, -0.25) is 19.5 Å². The Morgan fingerprint density at radius 2 is 1.80 bits per heavy atom. The summed E-state index contributed by atoms with van der Waals surface area (Å²) in [6, 6.07) is 14.5. The molecule has 3 aromatic heterocycles. The van der Waals surface area contributed by atoms with Crippen molar-refractivity contribution in [3.63, 3.8) is 0 Å². The number of fused-ring (bicyclic) bond motifs is 1. The highest BCUT2D eigenvalue weighted by Crippen LogP contribution is 2.37. The summed E-state index contributed by atoms with van der Waals surface area (Å²) in [6.45, 7) is 3.41. The monoisotopic (exact) mass is 683 g/mol. The third-order valence-corrected chi connectivity index (χ3v) is 8.80. The number of nitrogens with zero attached hydrogens (tertiary/aromatic N) is 3. The van der Waals surface area contributed by atoms with Crippen molar-refractivity contribution in [2.75, 3.05) is 6.61 Å². The maximum atomic E-state index is 13.9. The molecule has 0 unspecified atom stereocenters. The molecule has 0 N–H and O–H groups in total. The van der Waals surface area contributed by atoms with Crippen LogP contribution in [0, 0.1) is 10.1 Å². The highest BCUT2D eigenvalue weighted by Gasteiger charge is 2.35. The van der Waals surface area contributed by atoms with Crippen LogP contribution in [0.25, 0.3) is 28.7 Å². The molecular formula is C31H20Cl3N3O7S. The largest absolute Gasteiger partial charge is 0.463 e.